The van der Waals surface area contributed by atoms with E-state index < -0.39 is 30.2 Å². The molecule has 1 aliphatic heterocycles. The average molecular weight is 526 g/mol. The third kappa shape index (κ3) is 5.75. The molecule has 4 rings (SSSR count). The van der Waals surface area contributed by atoms with Crippen molar-refractivity contribution in [3.05, 3.63) is 93.5 Å². The molecule has 1 amide bonds. The number of carbonyl (C=O) groups excluding carboxylic acids is 4. The van der Waals surface area contributed by atoms with Crippen LogP contribution < -0.4 is 9.64 Å². The average Bonchev–Trinajstić information content (AvgIpc) is 3.24. The number of anilines is 1. The monoisotopic (exact) mass is 525 g/mol. The fraction of sp³-hybridized carbons (Fsp3) is 0.185. The lowest BCUT2D eigenvalue weighted by atomic mass is 10.1. The standard InChI is InChI=1S/C27H21Cl2NO6/c1-16-4-2-3-5-23(16)30-14-18(12-25(30)32)26(33)35-15-24(31)17-6-9-20(10-7-17)36-27(34)21-11-8-19(28)13-22(21)29/h2-11,13,18H,12,14-15H2,1H3/t18-/m0/s1. The van der Waals surface area contributed by atoms with Gasteiger partial charge < -0.3 is 14.4 Å². The van der Waals surface area contributed by atoms with E-state index in [0.717, 1.165) is 11.3 Å². The van der Waals surface area contributed by atoms with Gasteiger partial charge in [-0.05, 0) is 61.0 Å². The molecule has 0 radical (unpaired) electrons. The summed E-state index contributed by atoms with van der Waals surface area (Å²) in [5, 5.41) is 0.551. The Balaban J connectivity index is 1.30. The maximum absolute atomic E-state index is 12.5. The molecule has 0 aliphatic carbocycles. The van der Waals surface area contributed by atoms with E-state index in [1.807, 2.05) is 31.2 Å². The number of esters is 2. The van der Waals surface area contributed by atoms with Crippen LogP contribution in [0.2, 0.25) is 10.0 Å². The summed E-state index contributed by atoms with van der Waals surface area (Å²) in [5.41, 5.74) is 2.11. The van der Waals surface area contributed by atoms with Crippen LogP contribution in [0.5, 0.6) is 5.75 Å². The minimum absolute atomic E-state index is 0.0268. The van der Waals surface area contributed by atoms with Crippen molar-refractivity contribution in [1.82, 2.24) is 0 Å². The number of halogens is 2. The van der Waals surface area contributed by atoms with Gasteiger partial charge in [-0.2, -0.15) is 0 Å². The van der Waals surface area contributed by atoms with Crippen molar-refractivity contribution in [2.24, 2.45) is 5.92 Å². The van der Waals surface area contributed by atoms with E-state index in [1.54, 1.807) is 4.90 Å². The molecule has 1 atom stereocenters. The molecule has 1 heterocycles. The van der Waals surface area contributed by atoms with Crippen LogP contribution in [0.1, 0.15) is 32.7 Å². The highest BCUT2D eigenvalue weighted by Gasteiger charge is 2.36. The molecule has 3 aromatic carbocycles. The SMILES string of the molecule is Cc1ccccc1N1C[C@@H](C(=O)OCC(=O)c2ccc(OC(=O)c3ccc(Cl)cc3Cl)cc2)CC1=O. The second kappa shape index (κ2) is 10.9. The lowest BCUT2D eigenvalue weighted by Gasteiger charge is -2.18. The molecule has 3 aromatic rings. The first-order chi connectivity index (χ1) is 17.2. The van der Waals surface area contributed by atoms with Crippen molar-refractivity contribution >= 4 is 52.5 Å². The number of hydrogen-bond donors (Lipinski definition) is 0. The summed E-state index contributed by atoms with van der Waals surface area (Å²) >= 11 is 11.9. The Bertz CT molecular complexity index is 1340. The zero-order valence-electron chi connectivity index (χ0n) is 19.2. The van der Waals surface area contributed by atoms with Crippen molar-refractivity contribution in [1.29, 1.82) is 0 Å². The molecule has 0 unspecified atom stereocenters. The number of benzene rings is 3. The van der Waals surface area contributed by atoms with Crippen LogP contribution in [0.15, 0.2) is 66.7 Å². The minimum Gasteiger partial charge on any atom is -0.457 e. The van der Waals surface area contributed by atoms with Crippen molar-refractivity contribution in [2.45, 2.75) is 13.3 Å². The minimum atomic E-state index is -0.671. The predicted molar refractivity (Wildman–Crippen MR) is 135 cm³/mol. The third-order valence-electron chi connectivity index (χ3n) is 5.75. The van der Waals surface area contributed by atoms with E-state index in [9.17, 15) is 19.2 Å². The molecule has 1 saturated heterocycles. The lowest BCUT2D eigenvalue weighted by Crippen LogP contribution is -2.27. The van der Waals surface area contributed by atoms with Crippen LogP contribution in [-0.4, -0.2) is 36.8 Å². The summed E-state index contributed by atoms with van der Waals surface area (Å²) < 4.78 is 10.5. The fourth-order valence-corrected chi connectivity index (χ4v) is 4.31. The Kier molecular flexibility index (Phi) is 7.72. The zero-order valence-corrected chi connectivity index (χ0v) is 20.7. The van der Waals surface area contributed by atoms with Gasteiger partial charge in [0.05, 0.1) is 16.5 Å². The van der Waals surface area contributed by atoms with E-state index in [2.05, 4.69) is 0 Å². The number of carbonyl (C=O) groups is 4. The number of para-hydroxylation sites is 1. The molecule has 9 heteroatoms. The summed E-state index contributed by atoms with van der Waals surface area (Å²) in [5.74, 6) is -2.30. The first-order valence-corrected chi connectivity index (χ1v) is 11.8. The van der Waals surface area contributed by atoms with Crippen molar-refractivity contribution < 1.29 is 28.7 Å². The second-order valence-corrected chi connectivity index (χ2v) is 9.10. The molecular weight excluding hydrogens is 505 g/mol. The van der Waals surface area contributed by atoms with Crippen LogP contribution >= 0.6 is 23.2 Å². The fourth-order valence-electron chi connectivity index (χ4n) is 3.83. The van der Waals surface area contributed by atoms with E-state index >= 15 is 0 Å². The Hall–Kier alpha value is -3.68. The van der Waals surface area contributed by atoms with E-state index in [-0.39, 0.29) is 40.8 Å². The molecule has 36 heavy (non-hydrogen) atoms. The van der Waals surface area contributed by atoms with Gasteiger partial charge in [0.15, 0.2) is 12.4 Å². The number of amides is 1. The first-order valence-electron chi connectivity index (χ1n) is 11.1. The zero-order chi connectivity index (χ0) is 25.8. The normalized spacial score (nSPS) is 15.0. The van der Waals surface area contributed by atoms with E-state index in [1.165, 1.54) is 42.5 Å². The smallest absolute Gasteiger partial charge is 0.345 e. The number of ether oxygens (including phenoxy) is 2. The summed E-state index contributed by atoms with van der Waals surface area (Å²) in [4.78, 5) is 51.3. The summed E-state index contributed by atoms with van der Waals surface area (Å²) in [7, 11) is 0. The van der Waals surface area contributed by atoms with Crippen LogP contribution in [-0.2, 0) is 14.3 Å². The molecule has 0 N–H and O–H groups in total. The molecule has 1 fully saturated rings. The lowest BCUT2D eigenvalue weighted by molar-refractivity contribution is -0.147. The molecule has 0 spiro atoms. The molecule has 1 aliphatic rings. The molecule has 0 saturated carbocycles. The Morgan fingerprint density at radius 1 is 1.00 bits per heavy atom. The number of Topliss-reactive ketones (excluding diaryl/α,β-unsaturated/α-hetero) is 1. The highest BCUT2D eigenvalue weighted by atomic mass is 35.5. The Morgan fingerprint density at radius 2 is 1.72 bits per heavy atom. The van der Waals surface area contributed by atoms with E-state index in [4.69, 9.17) is 32.7 Å². The van der Waals surface area contributed by atoms with Crippen LogP contribution in [0, 0.1) is 12.8 Å². The second-order valence-electron chi connectivity index (χ2n) is 8.26. The quantitative estimate of drug-likeness (QED) is 0.236. The van der Waals surface area contributed by atoms with Crippen LogP contribution in [0.3, 0.4) is 0 Å². The van der Waals surface area contributed by atoms with Gasteiger partial charge in [0, 0.05) is 29.2 Å². The molecule has 7 nitrogen and oxygen atoms in total. The summed E-state index contributed by atoms with van der Waals surface area (Å²) in [6.45, 7) is 1.63. The molecular formula is C27H21Cl2NO6. The maximum Gasteiger partial charge on any atom is 0.345 e. The number of nitrogens with zero attached hydrogens (tertiary/aromatic N) is 1. The van der Waals surface area contributed by atoms with Gasteiger partial charge in [-0.15, -0.1) is 0 Å². The number of aryl methyl sites for hydroxylation is 1. The highest BCUT2D eigenvalue weighted by Crippen LogP contribution is 2.28. The molecule has 0 bridgehead atoms. The number of hydrogen-bond acceptors (Lipinski definition) is 6. The van der Waals surface area contributed by atoms with Crippen molar-refractivity contribution in [3.8, 4) is 5.75 Å². The van der Waals surface area contributed by atoms with Gasteiger partial charge in [-0.1, -0.05) is 41.4 Å². The maximum atomic E-state index is 12.5. The first kappa shape index (κ1) is 25.4. The van der Waals surface area contributed by atoms with Crippen molar-refractivity contribution in [2.75, 3.05) is 18.1 Å². The predicted octanol–water partition coefficient (Wildman–Crippen LogP) is 5.30. The van der Waals surface area contributed by atoms with Crippen molar-refractivity contribution in [3.63, 3.8) is 0 Å². The third-order valence-corrected chi connectivity index (χ3v) is 6.30. The van der Waals surface area contributed by atoms with Crippen LogP contribution in [0.25, 0.3) is 0 Å². The number of ketones is 1. The highest BCUT2D eigenvalue weighted by molar-refractivity contribution is 6.36. The number of rotatable bonds is 7. The van der Waals surface area contributed by atoms with Gasteiger partial charge in [-0.3, -0.25) is 14.4 Å². The van der Waals surface area contributed by atoms with Gasteiger partial charge in [0.1, 0.15) is 5.75 Å². The molecule has 184 valence electrons. The Labute approximate surface area is 217 Å². The Morgan fingerprint density at radius 3 is 2.42 bits per heavy atom. The topological polar surface area (TPSA) is 90.0 Å². The van der Waals surface area contributed by atoms with Crippen LogP contribution in [0.4, 0.5) is 5.69 Å². The van der Waals surface area contributed by atoms with Gasteiger partial charge in [0.25, 0.3) is 0 Å². The summed E-state index contributed by atoms with van der Waals surface area (Å²) in [6.07, 6.45) is 0.0268. The van der Waals surface area contributed by atoms with E-state index in [0.29, 0.717) is 5.02 Å². The van der Waals surface area contributed by atoms with Gasteiger partial charge in [-0.25, -0.2) is 4.79 Å². The van der Waals surface area contributed by atoms with Gasteiger partial charge in [0.2, 0.25) is 5.91 Å². The van der Waals surface area contributed by atoms with Gasteiger partial charge >= 0.3 is 11.9 Å². The largest absolute Gasteiger partial charge is 0.457 e. The molecule has 0 aromatic heterocycles. The summed E-state index contributed by atoms with van der Waals surface area (Å²) in [6, 6.07) is 17.7.